The third kappa shape index (κ3) is 5.44. The SMILES string of the molecule is COc1ccc(CNC(=O)c2ccc(NCc3cccc(C)c3)nn2)cc1OC. The van der Waals surface area contributed by atoms with Gasteiger partial charge in [0, 0.05) is 13.1 Å². The molecule has 0 aliphatic heterocycles. The van der Waals surface area contributed by atoms with Crippen LogP contribution >= 0.6 is 0 Å². The van der Waals surface area contributed by atoms with Crippen molar-refractivity contribution in [3.63, 3.8) is 0 Å². The molecule has 0 radical (unpaired) electrons. The maximum atomic E-state index is 12.3. The molecule has 7 heteroatoms. The molecule has 0 spiro atoms. The third-order valence-corrected chi connectivity index (χ3v) is 4.35. The van der Waals surface area contributed by atoms with Crippen LogP contribution in [0.3, 0.4) is 0 Å². The lowest BCUT2D eigenvalue weighted by Crippen LogP contribution is -2.24. The van der Waals surface area contributed by atoms with E-state index >= 15 is 0 Å². The lowest BCUT2D eigenvalue weighted by molar-refractivity contribution is 0.0945. The molecule has 0 fully saturated rings. The van der Waals surface area contributed by atoms with Gasteiger partial charge in [-0.2, -0.15) is 0 Å². The number of aromatic nitrogens is 2. The Morgan fingerprint density at radius 3 is 2.38 bits per heavy atom. The number of nitrogens with zero attached hydrogens (tertiary/aromatic N) is 2. The molecule has 2 N–H and O–H groups in total. The Bertz CT molecular complexity index is 974. The van der Waals surface area contributed by atoms with Crippen molar-refractivity contribution in [2.75, 3.05) is 19.5 Å². The molecule has 3 rings (SSSR count). The van der Waals surface area contributed by atoms with Crippen molar-refractivity contribution in [3.05, 3.63) is 77.0 Å². The van der Waals surface area contributed by atoms with Gasteiger partial charge in [0.05, 0.1) is 14.2 Å². The highest BCUT2D eigenvalue weighted by Gasteiger charge is 2.10. The van der Waals surface area contributed by atoms with Crippen molar-refractivity contribution in [3.8, 4) is 11.5 Å². The molecule has 3 aromatic rings. The molecule has 0 unspecified atom stereocenters. The molecule has 1 amide bonds. The first-order chi connectivity index (χ1) is 14.1. The molecule has 0 aliphatic carbocycles. The quantitative estimate of drug-likeness (QED) is 0.612. The molecule has 0 aliphatic rings. The van der Waals surface area contributed by atoms with Crippen LogP contribution in [-0.4, -0.2) is 30.3 Å². The molecular formula is C22H24N4O3. The number of anilines is 1. The standard InChI is InChI=1S/C22H24N4O3/c1-15-5-4-6-16(11-15)13-23-21-10-8-18(25-26-21)22(27)24-14-17-7-9-19(28-2)20(12-17)29-3/h4-12H,13-14H2,1-3H3,(H,23,26)(H,24,27). The summed E-state index contributed by atoms with van der Waals surface area (Å²) in [5, 5.41) is 14.1. The van der Waals surface area contributed by atoms with Crippen LogP contribution < -0.4 is 20.1 Å². The number of ether oxygens (including phenoxy) is 2. The number of hydrogen-bond acceptors (Lipinski definition) is 6. The van der Waals surface area contributed by atoms with Gasteiger partial charge < -0.3 is 20.1 Å². The molecule has 1 aromatic heterocycles. The van der Waals surface area contributed by atoms with Crippen LogP contribution in [0.1, 0.15) is 27.2 Å². The first-order valence-electron chi connectivity index (χ1n) is 9.21. The van der Waals surface area contributed by atoms with E-state index in [2.05, 4.69) is 39.9 Å². The van der Waals surface area contributed by atoms with Crippen LogP contribution in [0, 0.1) is 6.92 Å². The number of carbonyl (C=O) groups is 1. The fourth-order valence-corrected chi connectivity index (χ4v) is 2.83. The van der Waals surface area contributed by atoms with E-state index in [0.717, 1.165) is 11.1 Å². The molecule has 1 heterocycles. The lowest BCUT2D eigenvalue weighted by atomic mass is 10.1. The Kier molecular flexibility index (Phi) is 6.63. The predicted molar refractivity (Wildman–Crippen MR) is 111 cm³/mol. The number of aryl methyl sites for hydroxylation is 1. The molecule has 150 valence electrons. The van der Waals surface area contributed by atoms with Crippen molar-refractivity contribution >= 4 is 11.7 Å². The van der Waals surface area contributed by atoms with Gasteiger partial charge in [0.2, 0.25) is 0 Å². The summed E-state index contributed by atoms with van der Waals surface area (Å²) in [6.07, 6.45) is 0. The summed E-state index contributed by atoms with van der Waals surface area (Å²) in [4.78, 5) is 12.3. The van der Waals surface area contributed by atoms with Crippen LogP contribution in [0.15, 0.2) is 54.6 Å². The fourth-order valence-electron chi connectivity index (χ4n) is 2.83. The number of hydrogen-bond donors (Lipinski definition) is 2. The summed E-state index contributed by atoms with van der Waals surface area (Å²) in [5.41, 5.74) is 3.51. The van der Waals surface area contributed by atoms with E-state index in [9.17, 15) is 4.79 Å². The van der Waals surface area contributed by atoms with Gasteiger partial charge in [0.1, 0.15) is 5.82 Å². The number of nitrogens with one attached hydrogen (secondary N) is 2. The van der Waals surface area contributed by atoms with Crippen molar-refractivity contribution in [1.29, 1.82) is 0 Å². The number of methoxy groups -OCH3 is 2. The van der Waals surface area contributed by atoms with E-state index in [1.165, 1.54) is 5.56 Å². The monoisotopic (exact) mass is 392 g/mol. The molecule has 0 saturated carbocycles. The van der Waals surface area contributed by atoms with Crippen LogP contribution in [-0.2, 0) is 13.1 Å². The topological polar surface area (TPSA) is 85.4 Å². The Morgan fingerprint density at radius 1 is 0.897 bits per heavy atom. The first kappa shape index (κ1) is 20.1. The van der Waals surface area contributed by atoms with E-state index in [-0.39, 0.29) is 11.6 Å². The highest BCUT2D eigenvalue weighted by atomic mass is 16.5. The van der Waals surface area contributed by atoms with Crippen LogP contribution in [0.25, 0.3) is 0 Å². The number of benzene rings is 2. The third-order valence-electron chi connectivity index (χ3n) is 4.35. The molecular weight excluding hydrogens is 368 g/mol. The zero-order valence-electron chi connectivity index (χ0n) is 16.7. The van der Waals surface area contributed by atoms with Gasteiger partial charge in [-0.15, -0.1) is 10.2 Å². The van der Waals surface area contributed by atoms with E-state index in [1.54, 1.807) is 32.4 Å². The molecule has 0 bridgehead atoms. The average molecular weight is 392 g/mol. The zero-order valence-corrected chi connectivity index (χ0v) is 16.7. The van der Waals surface area contributed by atoms with Crippen molar-refractivity contribution in [1.82, 2.24) is 15.5 Å². The van der Waals surface area contributed by atoms with Gasteiger partial charge in [-0.1, -0.05) is 35.9 Å². The second-order valence-electron chi connectivity index (χ2n) is 6.52. The second kappa shape index (κ2) is 9.54. The minimum atomic E-state index is -0.294. The van der Waals surface area contributed by atoms with Crippen LogP contribution in [0.4, 0.5) is 5.82 Å². The van der Waals surface area contributed by atoms with Gasteiger partial charge in [-0.3, -0.25) is 4.79 Å². The fraction of sp³-hybridized carbons (Fsp3) is 0.227. The van der Waals surface area contributed by atoms with Gasteiger partial charge in [-0.25, -0.2) is 0 Å². The van der Waals surface area contributed by atoms with E-state index in [1.807, 2.05) is 24.3 Å². The van der Waals surface area contributed by atoms with E-state index in [0.29, 0.717) is 30.4 Å². The van der Waals surface area contributed by atoms with E-state index in [4.69, 9.17) is 9.47 Å². The second-order valence-corrected chi connectivity index (χ2v) is 6.52. The summed E-state index contributed by atoms with van der Waals surface area (Å²) < 4.78 is 10.5. The molecule has 0 atom stereocenters. The summed E-state index contributed by atoms with van der Waals surface area (Å²) in [6.45, 7) is 3.04. The van der Waals surface area contributed by atoms with Crippen molar-refractivity contribution in [2.45, 2.75) is 20.0 Å². The summed E-state index contributed by atoms with van der Waals surface area (Å²) >= 11 is 0. The Balaban J connectivity index is 1.55. The van der Waals surface area contributed by atoms with Gasteiger partial charge in [-0.05, 0) is 42.3 Å². The Morgan fingerprint density at radius 2 is 1.69 bits per heavy atom. The van der Waals surface area contributed by atoms with Crippen molar-refractivity contribution < 1.29 is 14.3 Å². The van der Waals surface area contributed by atoms with Gasteiger partial charge in [0.15, 0.2) is 17.2 Å². The minimum Gasteiger partial charge on any atom is -0.493 e. The van der Waals surface area contributed by atoms with Crippen LogP contribution in [0.2, 0.25) is 0 Å². The lowest BCUT2D eigenvalue weighted by Gasteiger charge is -2.10. The predicted octanol–water partition coefficient (Wildman–Crippen LogP) is 3.34. The van der Waals surface area contributed by atoms with Crippen LogP contribution in [0.5, 0.6) is 11.5 Å². The minimum absolute atomic E-state index is 0.256. The van der Waals surface area contributed by atoms with Gasteiger partial charge in [0.25, 0.3) is 5.91 Å². The molecule has 7 nitrogen and oxygen atoms in total. The highest BCUT2D eigenvalue weighted by molar-refractivity contribution is 5.92. The summed E-state index contributed by atoms with van der Waals surface area (Å²) in [5.74, 6) is 1.57. The van der Waals surface area contributed by atoms with Gasteiger partial charge >= 0.3 is 0 Å². The average Bonchev–Trinajstić information content (AvgIpc) is 2.76. The number of carbonyl (C=O) groups excluding carboxylic acids is 1. The van der Waals surface area contributed by atoms with E-state index < -0.39 is 0 Å². The number of amides is 1. The maximum absolute atomic E-state index is 12.3. The zero-order chi connectivity index (χ0) is 20.6. The summed E-state index contributed by atoms with van der Waals surface area (Å²) in [6, 6.07) is 17.1. The van der Waals surface area contributed by atoms with Crippen molar-refractivity contribution in [2.24, 2.45) is 0 Å². The first-order valence-corrected chi connectivity index (χ1v) is 9.21. The normalized spacial score (nSPS) is 10.3. The smallest absolute Gasteiger partial charge is 0.272 e. The largest absolute Gasteiger partial charge is 0.493 e. The number of rotatable bonds is 8. The Labute approximate surface area is 170 Å². The maximum Gasteiger partial charge on any atom is 0.272 e. The molecule has 0 saturated heterocycles. The molecule has 29 heavy (non-hydrogen) atoms. The Hall–Kier alpha value is -3.61. The summed E-state index contributed by atoms with van der Waals surface area (Å²) in [7, 11) is 3.15. The molecule has 2 aromatic carbocycles. The highest BCUT2D eigenvalue weighted by Crippen LogP contribution is 2.27.